The molecule has 1 N–H and O–H groups in total. The second kappa shape index (κ2) is 4.43. The van der Waals surface area contributed by atoms with Gasteiger partial charge in [-0.2, -0.15) is 0 Å². The Morgan fingerprint density at radius 2 is 2.50 bits per heavy atom. The monoisotopic (exact) mass is 119 g/mol. The molecule has 0 aliphatic heterocycles. The molecule has 8 heavy (non-hydrogen) atoms. The lowest BCUT2D eigenvalue weighted by molar-refractivity contribution is 0.148. The van der Waals surface area contributed by atoms with Crippen molar-refractivity contribution in [2.24, 2.45) is 0 Å². The van der Waals surface area contributed by atoms with Crippen LogP contribution in [0.2, 0.25) is 0 Å². The Hall–Kier alpha value is -0.730. The van der Waals surface area contributed by atoms with E-state index in [1.807, 2.05) is 6.92 Å². The SMILES string of the molecule is CCCOC(=O)NC.[HH]. The van der Waals surface area contributed by atoms with Crippen molar-refractivity contribution in [1.82, 2.24) is 5.32 Å². The van der Waals surface area contributed by atoms with Gasteiger partial charge in [-0.25, -0.2) is 4.79 Å². The zero-order valence-electron chi connectivity index (χ0n) is 5.23. The molecule has 3 nitrogen and oxygen atoms in total. The van der Waals surface area contributed by atoms with Gasteiger partial charge in [-0.15, -0.1) is 0 Å². The lowest BCUT2D eigenvalue weighted by Gasteiger charge is -1.98. The van der Waals surface area contributed by atoms with Gasteiger partial charge in [0.2, 0.25) is 0 Å². The molecule has 1 amide bonds. The predicted molar refractivity (Wildman–Crippen MR) is 32.8 cm³/mol. The van der Waals surface area contributed by atoms with Crippen molar-refractivity contribution >= 4 is 6.09 Å². The smallest absolute Gasteiger partial charge is 0.406 e. The molecule has 0 spiro atoms. The number of carbonyl (C=O) groups excluding carboxylic acids is 1. The predicted octanol–water partition coefficient (Wildman–Crippen LogP) is 0.998. The van der Waals surface area contributed by atoms with Gasteiger partial charge >= 0.3 is 6.09 Å². The molecule has 0 aliphatic rings. The minimum atomic E-state index is -0.355. The van der Waals surface area contributed by atoms with Crippen molar-refractivity contribution in [2.45, 2.75) is 13.3 Å². The first kappa shape index (κ1) is 7.27. The molecule has 0 rings (SSSR count). The summed E-state index contributed by atoms with van der Waals surface area (Å²) >= 11 is 0. The highest BCUT2D eigenvalue weighted by Gasteiger charge is 1.91. The Bertz CT molecular complexity index is 77.4. The van der Waals surface area contributed by atoms with Crippen LogP contribution < -0.4 is 5.32 Å². The van der Waals surface area contributed by atoms with Crippen molar-refractivity contribution < 1.29 is 11.0 Å². The van der Waals surface area contributed by atoms with Crippen LogP contribution in [0.25, 0.3) is 0 Å². The average Bonchev–Trinajstić information content (AvgIpc) is 1.83. The number of amides is 1. The number of ether oxygens (including phenoxy) is 1. The van der Waals surface area contributed by atoms with Crippen molar-refractivity contribution in [3.63, 3.8) is 0 Å². The highest BCUT2D eigenvalue weighted by atomic mass is 16.5. The molecule has 0 saturated heterocycles. The van der Waals surface area contributed by atoms with Crippen LogP contribution >= 0.6 is 0 Å². The Balaban J connectivity index is 0. The molecule has 50 valence electrons. The minimum absolute atomic E-state index is 0. The number of alkyl carbamates (subject to hydrolysis) is 1. The Morgan fingerprint density at radius 3 is 2.88 bits per heavy atom. The van der Waals surface area contributed by atoms with Crippen LogP contribution in [0.4, 0.5) is 4.79 Å². The first-order valence-corrected chi connectivity index (χ1v) is 2.65. The number of carbonyl (C=O) groups is 1. The van der Waals surface area contributed by atoms with E-state index in [-0.39, 0.29) is 7.52 Å². The highest BCUT2D eigenvalue weighted by molar-refractivity contribution is 5.66. The summed E-state index contributed by atoms with van der Waals surface area (Å²) in [4.78, 5) is 10.2. The maximum atomic E-state index is 10.2. The van der Waals surface area contributed by atoms with E-state index in [1.165, 1.54) is 7.05 Å². The largest absolute Gasteiger partial charge is 0.450 e. The minimum Gasteiger partial charge on any atom is -0.450 e. The van der Waals surface area contributed by atoms with Crippen LogP contribution in [-0.2, 0) is 4.74 Å². The fourth-order valence-corrected chi connectivity index (χ4v) is 0.267. The van der Waals surface area contributed by atoms with Gasteiger partial charge in [-0.3, -0.25) is 0 Å². The molecule has 3 heteroatoms. The topological polar surface area (TPSA) is 38.3 Å². The molecule has 0 heterocycles. The summed E-state index contributed by atoms with van der Waals surface area (Å²) in [6.45, 7) is 2.45. The third-order valence-electron chi connectivity index (χ3n) is 0.641. The van der Waals surface area contributed by atoms with Crippen LogP contribution in [0.3, 0.4) is 0 Å². The Labute approximate surface area is 50.5 Å². The molecule has 0 bridgehead atoms. The van der Waals surface area contributed by atoms with Gasteiger partial charge in [0, 0.05) is 8.47 Å². The average molecular weight is 119 g/mol. The summed E-state index contributed by atoms with van der Waals surface area (Å²) in [5.41, 5.74) is 0. The molecule has 0 saturated carbocycles. The first-order valence-electron chi connectivity index (χ1n) is 2.65. The van der Waals surface area contributed by atoms with Crippen LogP contribution in [-0.4, -0.2) is 19.7 Å². The normalized spacial score (nSPS) is 8.25. The molecule has 0 fully saturated rings. The van der Waals surface area contributed by atoms with Crippen molar-refractivity contribution in [3.8, 4) is 0 Å². The van der Waals surface area contributed by atoms with Gasteiger partial charge in [0.25, 0.3) is 0 Å². The van der Waals surface area contributed by atoms with E-state index >= 15 is 0 Å². The van der Waals surface area contributed by atoms with Gasteiger partial charge in [-0.05, 0) is 6.42 Å². The zero-order valence-corrected chi connectivity index (χ0v) is 5.23. The lowest BCUT2D eigenvalue weighted by atomic mass is 10.5. The number of rotatable bonds is 2. The molecule has 0 aromatic rings. The highest BCUT2D eigenvalue weighted by Crippen LogP contribution is 1.78. The quantitative estimate of drug-likeness (QED) is 0.588. The van der Waals surface area contributed by atoms with E-state index < -0.39 is 0 Å². The maximum Gasteiger partial charge on any atom is 0.406 e. The summed E-state index contributed by atoms with van der Waals surface area (Å²) in [6.07, 6.45) is 0.514. The fraction of sp³-hybridized carbons (Fsp3) is 0.800. The van der Waals surface area contributed by atoms with Gasteiger partial charge in [0.15, 0.2) is 0 Å². The van der Waals surface area contributed by atoms with Crippen LogP contribution in [0.15, 0.2) is 0 Å². The molecular formula is C5H13NO2. The first-order chi connectivity index (χ1) is 3.81. The summed E-state index contributed by atoms with van der Waals surface area (Å²) in [5, 5.41) is 2.34. The molecule has 0 aliphatic carbocycles. The number of hydrogen-bond acceptors (Lipinski definition) is 2. The van der Waals surface area contributed by atoms with Crippen molar-refractivity contribution in [2.75, 3.05) is 13.7 Å². The van der Waals surface area contributed by atoms with E-state index in [0.29, 0.717) is 6.61 Å². The third kappa shape index (κ3) is 3.46. The fourth-order valence-electron chi connectivity index (χ4n) is 0.267. The van der Waals surface area contributed by atoms with Crippen LogP contribution in [0, 0.1) is 0 Å². The van der Waals surface area contributed by atoms with E-state index in [9.17, 15) is 4.79 Å². The van der Waals surface area contributed by atoms with E-state index in [4.69, 9.17) is 0 Å². The van der Waals surface area contributed by atoms with E-state index in [0.717, 1.165) is 6.42 Å². The van der Waals surface area contributed by atoms with Gasteiger partial charge in [-0.1, -0.05) is 6.92 Å². The standard InChI is InChI=1S/C5H11NO2.H2/c1-3-4-8-5(7)6-2;/h3-4H2,1-2H3,(H,6,7);1H. The summed E-state index contributed by atoms with van der Waals surface area (Å²) in [5.74, 6) is 0. The third-order valence-corrected chi connectivity index (χ3v) is 0.641. The summed E-state index contributed by atoms with van der Waals surface area (Å²) < 4.78 is 4.59. The van der Waals surface area contributed by atoms with Crippen LogP contribution in [0.5, 0.6) is 0 Å². The molecule has 0 aromatic carbocycles. The summed E-state index contributed by atoms with van der Waals surface area (Å²) in [6, 6.07) is 0. The van der Waals surface area contributed by atoms with Crippen molar-refractivity contribution in [1.29, 1.82) is 0 Å². The Morgan fingerprint density at radius 1 is 1.88 bits per heavy atom. The van der Waals surface area contributed by atoms with Crippen LogP contribution in [0.1, 0.15) is 14.8 Å². The molecule has 0 unspecified atom stereocenters. The molecule has 0 aromatic heterocycles. The molecule has 0 radical (unpaired) electrons. The van der Waals surface area contributed by atoms with E-state index in [1.54, 1.807) is 0 Å². The maximum absolute atomic E-state index is 10.2. The summed E-state index contributed by atoms with van der Waals surface area (Å²) in [7, 11) is 1.54. The van der Waals surface area contributed by atoms with Crippen molar-refractivity contribution in [3.05, 3.63) is 0 Å². The molecule has 0 atom stereocenters. The second-order valence-corrected chi connectivity index (χ2v) is 1.39. The van der Waals surface area contributed by atoms with E-state index in [2.05, 4.69) is 10.1 Å². The van der Waals surface area contributed by atoms with Gasteiger partial charge in [0.05, 0.1) is 6.61 Å². The molecular weight excluding hydrogens is 106 g/mol. The second-order valence-electron chi connectivity index (χ2n) is 1.39. The zero-order chi connectivity index (χ0) is 6.41. The number of nitrogens with one attached hydrogen (secondary N) is 1. The van der Waals surface area contributed by atoms with Gasteiger partial charge in [0.1, 0.15) is 0 Å². The van der Waals surface area contributed by atoms with Gasteiger partial charge < -0.3 is 10.1 Å². The number of hydrogen-bond donors (Lipinski definition) is 1. The lowest BCUT2D eigenvalue weighted by Crippen LogP contribution is -2.19. The Kier molecular flexibility index (Phi) is 4.03.